The molecule has 5 heteroatoms. The molecule has 0 saturated carbocycles. The fraction of sp³-hybridized carbons (Fsp3) is 0.938. The molecular weight excluding hydrogens is 270 g/mol. The number of hydrogen-bond acceptors (Lipinski definition) is 4. The van der Waals surface area contributed by atoms with Crippen molar-refractivity contribution < 1.29 is 19.0 Å². The Balaban J connectivity index is 2.28. The third-order valence-corrected chi connectivity index (χ3v) is 3.56. The number of piperidine rings is 1. The zero-order chi connectivity index (χ0) is 15.9. The summed E-state index contributed by atoms with van der Waals surface area (Å²) in [5.41, 5.74) is -0.571. The van der Waals surface area contributed by atoms with Crippen molar-refractivity contribution in [3.05, 3.63) is 0 Å². The van der Waals surface area contributed by atoms with Crippen LogP contribution in [0, 0.1) is 0 Å². The number of ether oxygens (including phenoxy) is 3. The highest BCUT2D eigenvalue weighted by Gasteiger charge is 2.34. The minimum atomic E-state index is -0.437. The summed E-state index contributed by atoms with van der Waals surface area (Å²) in [5.74, 6) is 0. The van der Waals surface area contributed by atoms with Crippen molar-refractivity contribution in [1.29, 1.82) is 0 Å². The van der Waals surface area contributed by atoms with Gasteiger partial charge in [-0.05, 0) is 53.9 Å². The Morgan fingerprint density at radius 3 is 2.33 bits per heavy atom. The SMILES string of the molecule is CCOCCCOC1(C)CCN(C(=O)OC(C)(C)C)CC1. The van der Waals surface area contributed by atoms with Crippen molar-refractivity contribution >= 4 is 6.09 Å². The largest absolute Gasteiger partial charge is 0.444 e. The monoisotopic (exact) mass is 301 g/mol. The van der Waals surface area contributed by atoms with Crippen molar-refractivity contribution in [2.24, 2.45) is 0 Å². The van der Waals surface area contributed by atoms with Gasteiger partial charge in [-0.25, -0.2) is 4.79 Å². The summed E-state index contributed by atoms with van der Waals surface area (Å²) in [6.07, 6.45) is 2.39. The van der Waals surface area contributed by atoms with Crippen molar-refractivity contribution in [2.45, 2.75) is 65.1 Å². The number of hydrogen-bond donors (Lipinski definition) is 0. The first-order valence-corrected chi connectivity index (χ1v) is 7.95. The number of carbonyl (C=O) groups is 1. The summed E-state index contributed by atoms with van der Waals surface area (Å²) in [4.78, 5) is 13.8. The van der Waals surface area contributed by atoms with Crippen molar-refractivity contribution in [3.63, 3.8) is 0 Å². The van der Waals surface area contributed by atoms with Crippen LogP contribution in [0.25, 0.3) is 0 Å². The Kier molecular flexibility index (Phi) is 6.94. The highest BCUT2D eigenvalue weighted by Crippen LogP contribution is 2.27. The van der Waals surface area contributed by atoms with Gasteiger partial charge in [0.15, 0.2) is 0 Å². The molecule has 0 N–H and O–H groups in total. The van der Waals surface area contributed by atoms with E-state index in [1.807, 2.05) is 27.7 Å². The van der Waals surface area contributed by atoms with Crippen LogP contribution in [0.4, 0.5) is 4.79 Å². The molecule has 1 aliphatic rings. The Labute approximate surface area is 128 Å². The van der Waals surface area contributed by atoms with Gasteiger partial charge >= 0.3 is 6.09 Å². The fourth-order valence-corrected chi connectivity index (χ4v) is 2.26. The first-order valence-electron chi connectivity index (χ1n) is 7.95. The molecule has 0 radical (unpaired) electrons. The third-order valence-electron chi connectivity index (χ3n) is 3.56. The molecule has 1 amide bonds. The van der Waals surface area contributed by atoms with Gasteiger partial charge in [0.2, 0.25) is 0 Å². The van der Waals surface area contributed by atoms with Crippen LogP contribution in [0.15, 0.2) is 0 Å². The van der Waals surface area contributed by atoms with Gasteiger partial charge in [0.25, 0.3) is 0 Å². The average molecular weight is 301 g/mol. The molecule has 1 rings (SSSR count). The van der Waals surface area contributed by atoms with Gasteiger partial charge in [-0.3, -0.25) is 0 Å². The smallest absolute Gasteiger partial charge is 0.410 e. The standard InChI is InChI=1S/C16H31NO4/c1-6-19-12-7-13-20-16(5)8-10-17(11-9-16)14(18)21-15(2,3)4/h6-13H2,1-5H3. The van der Waals surface area contributed by atoms with Gasteiger partial charge in [-0.2, -0.15) is 0 Å². The van der Waals surface area contributed by atoms with Gasteiger partial charge in [-0.15, -0.1) is 0 Å². The highest BCUT2D eigenvalue weighted by molar-refractivity contribution is 5.68. The van der Waals surface area contributed by atoms with E-state index >= 15 is 0 Å². The molecule has 0 aromatic heterocycles. The molecule has 0 bridgehead atoms. The van der Waals surface area contributed by atoms with E-state index in [0.29, 0.717) is 19.7 Å². The Morgan fingerprint density at radius 1 is 1.19 bits per heavy atom. The van der Waals surface area contributed by atoms with E-state index in [9.17, 15) is 4.79 Å². The van der Waals surface area contributed by atoms with E-state index in [-0.39, 0.29) is 11.7 Å². The molecule has 21 heavy (non-hydrogen) atoms. The lowest BCUT2D eigenvalue weighted by molar-refractivity contribution is -0.0766. The van der Waals surface area contributed by atoms with E-state index in [4.69, 9.17) is 14.2 Å². The van der Waals surface area contributed by atoms with Gasteiger partial charge < -0.3 is 19.1 Å². The molecule has 0 spiro atoms. The second-order valence-electron chi connectivity index (χ2n) is 6.82. The zero-order valence-corrected chi connectivity index (χ0v) is 14.2. The second kappa shape index (κ2) is 7.99. The first-order chi connectivity index (χ1) is 9.76. The van der Waals surface area contributed by atoms with E-state index in [0.717, 1.165) is 32.5 Å². The number of rotatable bonds is 6. The Hall–Kier alpha value is -0.810. The van der Waals surface area contributed by atoms with Crippen molar-refractivity contribution in [3.8, 4) is 0 Å². The fourth-order valence-electron chi connectivity index (χ4n) is 2.26. The lowest BCUT2D eigenvalue weighted by Crippen LogP contribution is -2.48. The predicted molar refractivity (Wildman–Crippen MR) is 82.5 cm³/mol. The summed E-state index contributed by atoms with van der Waals surface area (Å²) >= 11 is 0. The molecule has 0 aliphatic carbocycles. The first kappa shape index (κ1) is 18.2. The Morgan fingerprint density at radius 2 is 1.81 bits per heavy atom. The molecule has 0 aromatic carbocycles. The minimum Gasteiger partial charge on any atom is -0.444 e. The van der Waals surface area contributed by atoms with Crippen LogP contribution >= 0.6 is 0 Å². The number of nitrogens with zero attached hydrogens (tertiary/aromatic N) is 1. The topological polar surface area (TPSA) is 48.0 Å². The molecule has 0 aromatic rings. The van der Waals surface area contributed by atoms with E-state index in [2.05, 4.69) is 6.92 Å². The molecule has 0 atom stereocenters. The quantitative estimate of drug-likeness (QED) is 0.707. The maximum absolute atomic E-state index is 12.0. The lowest BCUT2D eigenvalue weighted by Gasteiger charge is -2.39. The average Bonchev–Trinajstić information content (AvgIpc) is 2.37. The Bertz CT molecular complexity index is 317. The molecule has 1 fully saturated rings. The minimum absolute atomic E-state index is 0.134. The normalized spacial score (nSPS) is 18.6. The third kappa shape index (κ3) is 7.14. The van der Waals surface area contributed by atoms with Crippen LogP contribution in [0.2, 0.25) is 0 Å². The second-order valence-corrected chi connectivity index (χ2v) is 6.82. The van der Waals surface area contributed by atoms with Crippen LogP contribution in [-0.2, 0) is 14.2 Å². The molecule has 1 saturated heterocycles. The predicted octanol–water partition coefficient (Wildman–Crippen LogP) is 3.22. The van der Waals surface area contributed by atoms with Crippen molar-refractivity contribution in [1.82, 2.24) is 4.90 Å². The highest BCUT2D eigenvalue weighted by atomic mass is 16.6. The molecule has 1 heterocycles. The van der Waals surface area contributed by atoms with Crippen LogP contribution in [-0.4, -0.2) is 55.1 Å². The maximum atomic E-state index is 12.0. The summed E-state index contributed by atoms with van der Waals surface area (Å²) in [5, 5.41) is 0. The molecule has 0 unspecified atom stereocenters. The van der Waals surface area contributed by atoms with E-state index < -0.39 is 5.60 Å². The van der Waals surface area contributed by atoms with E-state index in [1.165, 1.54) is 0 Å². The summed E-state index contributed by atoms with van der Waals surface area (Å²) in [6.45, 7) is 13.4. The number of amides is 1. The summed E-state index contributed by atoms with van der Waals surface area (Å²) < 4.78 is 16.7. The molecule has 1 aliphatic heterocycles. The molecule has 124 valence electrons. The van der Waals surface area contributed by atoms with Crippen LogP contribution in [0.1, 0.15) is 53.9 Å². The van der Waals surface area contributed by atoms with Gasteiger partial charge in [0, 0.05) is 32.9 Å². The van der Waals surface area contributed by atoms with Crippen LogP contribution in [0.3, 0.4) is 0 Å². The maximum Gasteiger partial charge on any atom is 0.410 e. The van der Waals surface area contributed by atoms with Crippen LogP contribution < -0.4 is 0 Å². The van der Waals surface area contributed by atoms with Gasteiger partial charge in [0.1, 0.15) is 5.60 Å². The number of likely N-dealkylation sites (tertiary alicyclic amines) is 1. The molecular formula is C16H31NO4. The van der Waals surface area contributed by atoms with E-state index in [1.54, 1.807) is 4.90 Å². The van der Waals surface area contributed by atoms with Crippen molar-refractivity contribution in [2.75, 3.05) is 32.9 Å². The van der Waals surface area contributed by atoms with Crippen LogP contribution in [0.5, 0.6) is 0 Å². The lowest BCUT2D eigenvalue weighted by atomic mass is 9.93. The van der Waals surface area contributed by atoms with Gasteiger partial charge in [0.05, 0.1) is 5.60 Å². The summed E-state index contributed by atoms with van der Waals surface area (Å²) in [6, 6.07) is 0. The summed E-state index contributed by atoms with van der Waals surface area (Å²) in [7, 11) is 0. The molecule has 5 nitrogen and oxygen atoms in total. The van der Waals surface area contributed by atoms with Gasteiger partial charge in [-0.1, -0.05) is 0 Å². The number of carbonyl (C=O) groups excluding carboxylic acids is 1. The zero-order valence-electron chi connectivity index (χ0n) is 14.2.